The van der Waals surface area contributed by atoms with E-state index in [0.29, 0.717) is 0 Å². The Hall–Kier alpha value is -3.65. The van der Waals surface area contributed by atoms with Gasteiger partial charge in [-0.3, -0.25) is 4.99 Å². The van der Waals surface area contributed by atoms with Crippen molar-refractivity contribution in [1.29, 1.82) is 0 Å². The number of aliphatic imine (C=N–C) groups is 1. The van der Waals surface area contributed by atoms with Gasteiger partial charge in [0.25, 0.3) is 0 Å². The van der Waals surface area contributed by atoms with Crippen LogP contribution in [0.4, 0.5) is 5.69 Å². The zero-order valence-corrected chi connectivity index (χ0v) is 16.3. The van der Waals surface area contributed by atoms with Crippen LogP contribution in [0.15, 0.2) is 108 Å². The largest absolute Gasteiger partial charge is 0.363 e. The number of rotatable bonds is 3. The molecule has 0 aliphatic carbocycles. The fourth-order valence-electron chi connectivity index (χ4n) is 3.90. The topological polar surface area (TPSA) is 24.4 Å². The molecule has 1 atom stereocenters. The van der Waals surface area contributed by atoms with Crippen molar-refractivity contribution in [2.75, 3.05) is 5.32 Å². The number of hydrogen-bond donors (Lipinski definition) is 1. The second kappa shape index (κ2) is 7.40. The second-order valence-electron chi connectivity index (χ2n) is 7.37. The fraction of sp³-hybridized carbons (Fsp3) is 0.0741. The van der Waals surface area contributed by atoms with Crippen LogP contribution in [0.5, 0.6) is 0 Å². The summed E-state index contributed by atoms with van der Waals surface area (Å²) >= 11 is 0. The maximum Gasteiger partial charge on any atom is 0.116 e. The van der Waals surface area contributed by atoms with Crippen molar-refractivity contribution in [3.05, 3.63) is 114 Å². The molecule has 0 saturated heterocycles. The zero-order chi connectivity index (χ0) is 19.6. The third kappa shape index (κ3) is 3.45. The van der Waals surface area contributed by atoms with Crippen LogP contribution in [0.1, 0.15) is 18.1 Å². The summed E-state index contributed by atoms with van der Waals surface area (Å²) in [4.78, 5) is 4.86. The Kier molecular flexibility index (Phi) is 4.45. The van der Waals surface area contributed by atoms with Gasteiger partial charge < -0.3 is 5.32 Å². The molecule has 4 aromatic carbocycles. The van der Waals surface area contributed by atoms with Gasteiger partial charge >= 0.3 is 0 Å². The minimum absolute atomic E-state index is 0.0714. The smallest absolute Gasteiger partial charge is 0.116 e. The maximum atomic E-state index is 4.86. The van der Waals surface area contributed by atoms with E-state index in [4.69, 9.17) is 4.99 Å². The number of anilines is 1. The van der Waals surface area contributed by atoms with Gasteiger partial charge in [0.2, 0.25) is 0 Å². The molecule has 0 amide bonds. The molecule has 29 heavy (non-hydrogen) atoms. The Morgan fingerprint density at radius 2 is 1.17 bits per heavy atom. The molecule has 2 nitrogen and oxygen atoms in total. The average Bonchev–Trinajstić information content (AvgIpc) is 2.79. The van der Waals surface area contributed by atoms with Crippen LogP contribution in [0.25, 0.3) is 22.3 Å². The fourth-order valence-corrected chi connectivity index (χ4v) is 3.90. The Balaban J connectivity index is 1.49. The predicted molar refractivity (Wildman–Crippen MR) is 122 cm³/mol. The number of para-hydroxylation sites is 1. The highest BCUT2D eigenvalue weighted by Crippen LogP contribution is 2.29. The van der Waals surface area contributed by atoms with Crippen molar-refractivity contribution >= 4 is 11.4 Å². The van der Waals surface area contributed by atoms with Gasteiger partial charge in [-0.2, -0.15) is 0 Å². The normalized spacial score (nSPS) is 15.2. The first-order chi connectivity index (χ1) is 14.3. The summed E-state index contributed by atoms with van der Waals surface area (Å²) in [6.07, 6.45) is 0.0714. The lowest BCUT2D eigenvalue weighted by atomic mass is 9.95. The van der Waals surface area contributed by atoms with E-state index in [9.17, 15) is 0 Å². The number of nitrogens with one attached hydrogen (secondary N) is 1. The van der Waals surface area contributed by atoms with Gasteiger partial charge in [-0.1, -0.05) is 91.0 Å². The highest BCUT2D eigenvalue weighted by molar-refractivity contribution is 6.17. The minimum atomic E-state index is 0.0714. The molecule has 140 valence electrons. The van der Waals surface area contributed by atoms with Gasteiger partial charge in [-0.25, -0.2) is 0 Å². The second-order valence-corrected chi connectivity index (χ2v) is 7.37. The molecule has 1 heterocycles. The molecule has 0 spiro atoms. The van der Waals surface area contributed by atoms with E-state index in [1.54, 1.807) is 0 Å². The monoisotopic (exact) mass is 374 g/mol. The number of fused-ring (bicyclic) bond motifs is 1. The van der Waals surface area contributed by atoms with Gasteiger partial charge in [-0.05, 0) is 41.3 Å². The molecule has 5 rings (SSSR count). The Labute approximate surface area is 171 Å². The van der Waals surface area contributed by atoms with Crippen LogP contribution < -0.4 is 5.32 Å². The van der Waals surface area contributed by atoms with Crippen LogP contribution in [0.2, 0.25) is 0 Å². The van der Waals surface area contributed by atoms with Gasteiger partial charge in [0.1, 0.15) is 6.17 Å². The number of benzene rings is 4. The van der Waals surface area contributed by atoms with Crippen LogP contribution in [-0.2, 0) is 0 Å². The van der Waals surface area contributed by atoms with Crippen molar-refractivity contribution in [3.8, 4) is 22.3 Å². The molecule has 0 bridgehead atoms. The van der Waals surface area contributed by atoms with E-state index in [1.807, 2.05) is 0 Å². The van der Waals surface area contributed by atoms with Crippen LogP contribution in [-0.4, -0.2) is 11.9 Å². The molecule has 1 aliphatic heterocycles. The summed E-state index contributed by atoms with van der Waals surface area (Å²) in [5.41, 5.74) is 9.40. The molecule has 0 saturated carbocycles. The first-order valence-electron chi connectivity index (χ1n) is 9.98. The quantitative estimate of drug-likeness (QED) is 0.428. The van der Waals surface area contributed by atoms with Gasteiger partial charge in [0, 0.05) is 16.8 Å². The first-order valence-corrected chi connectivity index (χ1v) is 9.98. The molecule has 2 heteroatoms. The lowest BCUT2D eigenvalue weighted by molar-refractivity contribution is 0.843. The summed E-state index contributed by atoms with van der Waals surface area (Å²) in [6, 6.07) is 36.3. The number of hydrogen-bond acceptors (Lipinski definition) is 2. The molecule has 1 aliphatic rings. The zero-order valence-electron chi connectivity index (χ0n) is 16.3. The predicted octanol–water partition coefficient (Wildman–Crippen LogP) is 6.63. The SMILES string of the molecule is CC1N=C(c2ccc(-c3cccc(-c4ccccc4)c3)cc2)c2ccccc2N1. The van der Waals surface area contributed by atoms with Crippen molar-refractivity contribution in [1.82, 2.24) is 0 Å². The molecule has 0 radical (unpaired) electrons. The average molecular weight is 374 g/mol. The lowest BCUT2D eigenvalue weighted by Gasteiger charge is -2.23. The van der Waals surface area contributed by atoms with Crippen LogP contribution in [0, 0.1) is 0 Å². The van der Waals surface area contributed by atoms with E-state index in [-0.39, 0.29) is 6.17 Å². The van der Waals surface area contributed by atoms with Gasteiger partial charge in [-0.15, -0.1) is 0 Å². The molecule has 1 unspecified atom stereocenters. The van der Waals surface area contributed by atoms with E-state index in [1.165, 1.54) is 22.3 Å². The lowest BCUT2D eigenvalue weighted by Crippen LogP contribution is -2.23. The van der Waals surface area contributed by atoms with E-state index < -0.39 is 0 Å². The molecular weight excluding hydrogens is 352 g/mol. The Morgan fingerprint density at radius 3 is 1.93 bits per heavy atom. The standard InChI is InChI=1S/C27H22N2/c1-19-28-26-13-6-5-12-25(26)27(29-19)22-16-14-21(15-17-22)24-11-7-10-23(18-24)20-8-3-2-4-9-20/h2-19,28H,1H3. The van der Waals surface area contributed by atoms with Crippen molar-refractivity contribution in [3.63, 3.8) is 0 Å². The van der Waals surface area contributed by atoms with Crippen LogP contribution in [0.3, 0.4) is 0 Å². The maximum absolute atomic E-state index is 4.86. The van der Waals surface area contributed by atoms with E-state index in [0.717, 1.165) is 22.5 Å². The van der Waals surface area contributed by atoms with Crippen molar-refractivity contribution < 1.29 is 0 Å². The Morgan fingerprint density at radius 1 is 0.586 bits per heavy atom. The third-order valence-electron chi connectivity index (χ3n) is 5.33. The third-order valence-corrected chi connectivity index (χ3v) is 5.33. The molecular formula is C27H22N2. The molecule has 4 aromatic rings. The molecule has 0 fully saturated rings. The van der Waals surface area contributed by atoms with Gasteiger partial charge in [0.15, 0.2) is 0 Å². The minimum Gasteiger partial charge on any atom is -0.363 e. The molecule has 1 N–H and O–H groups in total. The summed E-state index contributed by atoms with van der Waals surface area (Å²) in [5.74, 6) is 0. The highest BCUT2D eigenvalue weighted by Gasteiger charge is 2.18. The van der Waals surface area contributed by atoms with Gasteiger partial charge in [0.05, 0.1) is 5.71 Å². The Bertz CT molecular complexity index is 1170. The van der Waals surface area contributed by atoms with E-state index in [2.05, 4.69) is 115 Å². The van der Waals surface area contributed by atoms with Crippen molar-refractivity contribution in [2.45, 2.75) is 13.1 Å². The summed E-state index contributed by atoms with van der Waals surface area (Å²) in [7, 11) is 0. The molecule has 0 aromatic heterocycles. The summed E-state index contributed by atoms with van der Waals surface area (Å²) in [6.45, 7) is 2.08. The summed E-state index contributed by atoms with van der Waals surface area (Å²) in [5, 5.41) is 3.43. The summed E-state index contributed by atoms with van der Waals surface area (Å²) < 4.78 is 0. The number of nitrogens with zero attached hydrogens (tertiary/aromatic N) is 1. The van der Waals surface area contributed by atoms with Crippen LogP contribution >= 0.6 is 0 Å². The van der Waals surface area contributed by atoms with Crippen molar-refractivity contribution in [2.24, 2.45) is 4.99 Å². The first kappa shape index (κ1) is 17.4. The van der Waals surface area contributed by atoms with E-state index >= 15 is 0 Å². The highest BCUT2D eigenvalue weighted by atomic mass is 15.1.